The fourth-order valence-corrected chi connectivity index (χ4v) is 6.04. The number of nitrogens with two attached hydrogens (primary N) is 2. The van der Waals surface area contributed by atoms with Crippen LogP contribution in [-0.2, 0) is 43.2 Å². The van der Waals surface area contributed by atoms with Gasteiger partial charge in [-0.05, 0) is 85.5 Å². The van der Waals surface area contributed by atoms with Crippen molar-refractivity contribution in [3.05, 3.63) is 12.2 Å². The van der Waals surface area contributed by atoms with Crippen LogP contribution in [-0.4, -0.2) is 113 Å². The smallest absolute Gasteiger partial charge is 0.246 e. The van der Waals surface area contributed by atoms with Crippen molar-refractivity contribution in [3.63, 3.8) is 0 Å². The first-order valence-corrected chi connectivity index (χ1v) is 19.5. The summed E-state index contributed by atoms with van der Waals surface area (Å²) in [6.45, 7) is 10.4. The topological polar surface area (TPSA) is 310 Å². The lowest BCUT2D eigenvalue weighted by atomic mass is 9.91. The van der Waals surface area contributed by atoms with Crippen LogP contribution in [0.5, 0.6) is 0 Å². The van der Waals surface area contributed by atoms with Crippen LogP contribution in [0.15, 0.2) is 12.2 Å². The maximum Gasteiger partial charge on any atom is 0.246 e. The van der Waals surface area contributed by atoms with E-state index in [9.17, 15) is 48.3 Å². The Morgan fingerprint density at radius 2 is 1.53 bits per heavy atom. The molecule has 19 heteroatoms. The average Bonchev–Trinajstić information content (AvgIpc) is 3.13. The molecule has 1 aliphatic heterocycles. The molecule has 19 nitrogen and oxygen atoms in total. The molecule has 0 aromatic carbocycles. The Bertz CT molecular complexity index is 1500. The summed E-state index contributed by atoms with van der Waals surface area (Å²) in [5.41, 5.74) is 7.97. The predicted octanol–water partition coefficient (Wildman–Crippen LogP) is -1.65. The van der Waals surface area contributed by atoms with Gasteiger partial charge in [-0.1, -0.05) is 32.4 Å². The lowest BCUT2D eigenvalue weighted by Crippen LogP contribution is -2.64. The Morgan fingerprint density at radius 3 is 2.05 bits per heavy atom. The van der Waals surface area contributed by atoms with E-state index in [1.54, 1.807) is 20.8 Å². The highest BCUT2D eigenvalue weighted by Crippen LogP contribution is 2.19. The Hall–Kier alpha value is -4.91. The highest BCUT2D eigenvalue weighted by molar-refractivity contribution is 5.99. The Morgan fingerprint density at radius 1 is 0.930 bits per heavy atom. The molecule has 0 radical (unpaired) electrons. The monoisotopic (exact) mass is 807 g/mol. The summed E-state index contributed by atoms with van der Waals surface area (Å²) in [5, 5.41) is 28.0. The Labute approximate surface area is 334 Å². The molecule has 0 fully saturated rings. The van der Waals surface area contributed by atoms with E-state index in [0.29, 0.717) is 32.1 Å². The predicted molar refractivity (Wildman–Crippen MR) is 210 cm³/mol. The van der Waals surface area contributed by atoms with Gasteiger partial charge in [-0.15, -0.1) is 0 Å². The third-order valence-electron chi connectivity index (χ3n) is 10.1. The van der Waals surface area contributed by atoms with Crippen LogP contribution in [0.2, 0.25) is 0 Å². The standard InChI is InChI=1S/C38H65N9O10/c1-9-21(2)29-34(55)44-26(20-22(3)48)32(53)47-37(6,35(56)41-8)18-14-12-10-11-13-15-19-38(7,36(57)42-23(4)30(51)45-29)46-31(52)25(16-17-27(39)50)43-33(54)28(40)24(5)49/h10-11,21,23-26,28-29,49H,9,12-20,40H2,1-8H3,(H2,39,50)(H,41,56)(H,42,57)(H,43,54)(H,44,55)(H,45,51)(H,46,52)(H,47,53)/b11-10+/t21-,23-,24+,25-,26-,28+,29-,37-,38-/m0/s1. The molecule has 0 unspecified atom stereocenters. The van der Waals surface area contributed by atoms with Gasteiger partial charge in [0.15, 0.2) is 0 Å². The molecule has 1 rings (SSSR count). The second-order valence-electron chi connectivity index (χ2n) is 15.3. The number of aliphatic hydroxyl groups is 1. The minimum Gasteiger partial charge on any atom is -0.391 e. The summed E-state index contributed by atoms with van der Waals surface area (Å²) in [5.74, 6) is -6.94. The zero-order chi connectivity index (χ0) is 43.7. The van der Waals surface area contributed by atoms with Gasteiger partial charge in [0.05, 0.1) is 6.10 Å². The van der Waals surface area contributed by atoms with Gasteiger partial charge in [0.2, 0.25) is 47.3 Å². The average molecular weight is 808 g/mol. The van der Waals surface area contributed by atoms with Gasteiger partial charge in [0.1, 0.15) is 47.1 Å². The number of Topliss-reactive ketones (excluding diaryl/α,β-unsaturated/α-hetero) is 1. The zero-order valence-electron chi connectivity index (χ0n) is 34.5. The number of carbonyl (C=O) groups excluding carboxylic acids is 9. The van der Waals surface area contributed by atoms with Gasteiger partial charge in [-0.2, -0.15) is 0 Å². The molecule has 322 valence electrons. The van der Waals surface area contributed by atoms with Crippen LogP contribution in [0.4, 0.5) is 0 Å². The summed E-state index contributed by atoms with van der Waals surface area (Å²) in [6, 6.07) is -6.64. The van der Waals surface area contributed by atoms with Gasteiger partial charge < -0.3 is 53.8 Å². The third kappa shape index (κ3) is 16.2. The fraction of sp³-hybridized carbons (Fsp3) is 0.711. The first-order valence-electron chi connectivity index (χ1n) is 19.5. The highest BCUT2D eigenvalue weighted by Gasteiger charge is 2.40. The van der Waals surface area contributed by atoms with E-state index in [4.69, 9.17) is 11.5 Å². The molecule has 12 N–H and O–H groups in total. The van der Waals surface area contributed by atoms with E-state index in [-0.39, 0.29) is 32.1 Å². The van der Waals surface area contributed by atoms with Gasteiger partial charge >= 0.3 is 0 Å². The number of rotatable bonds is 13. The zero-order valence-corrected chi connectivity index (χ0v) is 34.5. The minimum atomic E-state index is -1.69. The molecule has 0 bridgehead atoms. The van der Waals surface area contributed by atoms with Crippen molar-refractivity contribution >= 4 is 53.0 Å². The molecule has 57 heavy (non-hydrogen) atoms. The number of aliphatic hydroxyl groups excluding tert-OH is 1. The number of nitrogens with one attached hydrogen (secondary N) is 7. The molecule has 0 aliphatic carbocycles. The number of hydrogen-bond donors (Lipinski definition) is 10. The molecule has 0 aromatic rings. The fourth-order valence-electron chi connectivity index (χ4n) is 6.04. The van der Waals surface area contributed by atoms with Crippen molar-refractivity contribution in [1.29, 1.82) is 0 Å². The molecule has 0 spiro atoms. The molecule has 8 amide bonds. The van der Waals surface area contributed by atoms with Gasteiger partial charge in [0.25, 0.3) is 0 Å². The molecule has 0 aromatic heterocycles. The first kappa shape index (κ1) is 50.1. The molecule has 1 aliphatic rings. The quantitative estimate of drug-likeness (QED) is 0.0941. The van der Waals surface area contributed by atoms with Gasteiger partial charge in [-0.3, -0.25) is 43.2 Å². The Kier molecular flexibility index (Phi) is 20.5. The van der Waals surface area contributed by atoms with Crippen molar-refractivity contribution in [2.45, 2.75) is 160 Å². The summed E-state index contributed by atoms with van der Waals surface area (Å²) < 4.78 is 0. The number of primary amides is 1. The maximum atomic E-state index is 14.0. The molecular weight excluding hydrogens is 742 g/mol. The number of ketones is 1. The summed E-state index contributed by atoms with van der Waals surface area (Å²) >= 11 is 0. The number of likely N-dealkylation sites (N-methyl/N-ethyl adjacent to an activating group) is 1. The van der Waals surface area contributed by atoms with Crippen molar-refractivity contribution in [2.24, 2.45) is 17.4 Å². The SMILES string of the molecule is CC[C@H](C)[C@@H]1NC(=O)[C@H](C)NC(=O)[C@@](C)(NC(=O)[C@H](CCC(N)=O)NC(=O)[C@H](N)[C@@H](C)O)CCC/C=C/CCC[C@@](C)(C(=O)NC)NC(=O)[C@H](CC(C)=O)NC1=O. The van der Waals surface area contributed by atoms with Crippen LogP contribution in [0.3, 0.4) is 0 Å². The second-order valence-corrected chi connectivity index (χ2v) is 15.3. The van der Waals surface area contributed by atoms with E-state index in [2.05, 4.69) is 37.2 Å². The van der Waals surface area contributed by atoms with E-state index in [1.807, 2.05) is 12.2 Å². The number of allylic oxidation sites excluding steroid dienone is 2. The second kappa shape index (κ2) is 23.4. The lowest BCUT2D eigenvalue weighted by Gasteiger charge is -2.33. The molecular formula is C38H65N9O10. The van der Waals surface area contributed by atoms with Crippen molar-refractivity contribution in [3.8, 4) is 0 Å². The lowest BCUT2D eigenvalue weighted by molar-refractivity contribution is -0.138. The molecule has 9 atom stereocenters. The van der Waals surface area contributed by atoms with Crippen LogP contribution >= 0.6 is 0 Å². The van der Waals surface area contributed by atoms with Crippen molar-refractivity contribution < 1.29 is 48.3 Å². The molecule has 0 saturated heterocycles. The normalized spacial score (nSPS) is 27.2. The van der Waals surface area contributed by atoms with E-state index >= 15 is 0 Å². The largest absolute Gasteiger partial charge is 0.391 e. The highest BCUT2D eigenvalue weighted by atomic mass is 16.3. The van der Waals surface area contributed by atoms with Crippen LogP contribution < -0.4 is 48.7 Å². The third-order valence-corrected chi connectivity index (χ3v) is 10.1. The number of amides is 8. The first-order chi connectivity index (χ1) is 26.5. The van der Waals surface area contributed by atoms with Crippen LogP contribution in [0.1, 0.15) is 113 Å². The maximum absolute atomic E-state index is 14.0. The van der Waals surface area contributed by atoms with Crippen molar-refractivity contribution in [1.82, 2.24) is 37.2 Å². The number of carbonyl (C=O) groups is 9. The van der Waals surface area contributed by atoms with E-state index in [0.717, 1.165) is 0 Å². The summed E-state index contributed by atoms with van der Waals surface area (Å²) in [7, 11) is 1.43. The van der Waals surface area contributed by atoms with E-state index in [1.165, 1.54) is 34.7 Å². The Balaban J connectivity index is 3.62. The van der Waals surface area contributed by atoms with Gasteiger partial charge in [0, 0.05) is 19.9 Å². The van der Waals surface area contributed by atoms with Gasteiger partial charge in [-0.25, -0.2) is 0 Å². The number of hydrogen-bond acceptors (Lipinski definition) is 11. The van der Waals surface area contributed by atoms with E-state index < -0.39 is 106 Å². The molecule has 1 heterocycles. The van der Waals surface area contributed by atoms with Crippen LogP contribution in [0.25, 0.3) is 0 Å². The summed E-state index contributed by atoms with van der Waals surface area (Å²) in [6.07, 6.45) is 3.93. The van der Waals surface area contributed by atoms with Crippen LogP contribution in [0, 0.1) is 5.92 Å². The molecule has 0 saturated carbocycles. The van der Waals surface area contributed by atoms with Crippen molar-refractivity contribution in [2.75, 3.05) is 7.05 Å². The summed E-state index contributed by atoms with van der Waals surface area (Å²) in [4.78, 5) is 118. The minimum absolute atomic E-state index is 0.0448.